The summed E-state index contributed by atoms with van der Waals surface area (Å²) in [5, 5.41) is 4.10. The lowest BCUT2D eigenvalue weighted by Gasteiger charge is -2.13. The van der Waals surface area contributed by atoms with E-state index in [1.165, 1.54) is 0 Å². The van der Waals surface area contributed by atoms with Crippen molar-refractivity contribution in [1.29, 1.82) is 0 Å². The number of rotatable bonds is 5. The van der Waals surface area contributed by atoms with Crippen molar-refractivity contribution in [2.24, 2.45) is 0 Å². The summed E-state index contributed by atoms with van der Waals surface area (Å²) in [4.78, 5) is 21.0. The van der Waals surface area contributed by atoms with E-state index < -0.39 is 0 Å². The summed E-state index contributed by atoms with van der Waals surface area (Å²) in [6, 6.07) is 16.6. The number of nitrogens with one attached hydrogen (secondary N) is 1. The van der Waals surface area contributed by atoms with Crippen molar-refractivity contribution < 1.29 is 4.79 Å². The van der Waals surface area contributed by atoms with Gasteiger partial charge in [0.05, 0.1) is 24.1 Å². The monoisotopic (exact) mass is 410 g/mol. The Morgan fingerprint density at radius 2 is 1.68 bits per heavy atom. The number of benzene rings is 2. The predicted octanol–water partition coefficient (Wildman–Crippen LogP) is 4.72. The molecule has 0 bridgehead atoms. The van der Waals surface area contributed by atoms with E-state index in [4.69, 9.17) is 23.2 Å². The van der Waals surface area contributed by atoms with Crippen LogP contribution in [-0.2, 0) is 13.1 Å². The van der Waals surface area contributed by atoms with Crippen molar-refractivity contribution in [1.82, 2.24) is 19.9 Å². The minimum atomic E-state index is -0.184. The van der Waals surface area contributed by atoms with Gasteiger partial charge in [0.2, 0.25) is 0 Å². The van der Waals surface area contributed by atoms with Crippen molar-refractivity contribution in [3.8, 4) is 0 Å². The van der Waals surface area contributed by atoms with Crippen LogP contribution >= 0.6 is 23.2 Å². The number of aromatic nitrogens is 3. The fraction of sp³-hybridized carbons (Fsp3) is 0.0952. The minimum absolute atomic E-state index is 0.184. The molecule has 2 heterocycles. The fourth-order valence-electron chi connectivity index (χ4n) is 3.04. The molecule has 28 heavy (non-hydrogen) atoms. The molecule has 0 aliphatic rings. The molecule has 1 amide bonds. The Morgan fingerprint density at radius 3 is 2.43 bits per heavy atom. The second-order valence-corrected chi connectivity index (χ2v) is 7.04. The zero-order valence-electron chi connectivity index (χ0n) is 14.8. The van der Waals surface area contributed by atoms with Crippen molar-refractivity contribution in [2.45, 2.75) is 13.1 Å². The van der Waals surface area contributed by atoms with Gasteiger partial charge in [0.15, 0.2) is 0 Å². The van der Waals surface area contributed by atoms with Crippen molar-refractivity contribution in [3.05, 3.63) is 94.0 Å². The molecule has 4 aromatic rings. The largest absolute Gasteiger partial charge is 0.345 e. The van der Waals surface area contributed by atoms with Crippen LogP contribution in [0.5, 0.6) is 0 Å². The van der Waals surface area contributed by atoms with Gasteiger partial charge in [-0.05, 0) is 36.4 Å². The first-order chi connectivity index (χ1) is 13.6. The molecule has 140 valence electrons. The number of hydrogen-bond donors (Lipinski definition) is 1. The van der Waals surface area contributed by atoms with Crippen LogP contribution in [0.2, 0.25) is 10.0 Å². The highest BCUT2D eigenvalue weighted by molar-refractivity contribution is 6.36. The van der Waals surface area contributed by atoms with Gasteiger partial charge < -0.3 is 9.88 Å². The van der Waals surface area contributed by atoms with Crippen LogP contribution in [0.3, 0.4) is 0 Å². The lowest BCUT2D eigenvalue weighted by atomic mass is 10.2. The maximum absolute atomic E-state index is 12.4. The fourth-order valence-corrected chi connectivity index (χ4v) is 3.56. The lowest BCUT2D eigenvalue weighted by Crippen LogP contribution is -2.25. The third kappa shape index (κ3) is 3.72. The molecule has 2 aromatic carbocycles. The number of amides is 1. The normalized spacial score (nSPS) is 10.9. The molecule has 0 saturated heterocycles. The topological polar surface area (TPSA) is 59.8 Å². The van der Waals surface area contributed by atoms with Crippen molar-refractivity contribution in [2.75, 3.05) is 0 Å². The van der Waals surface area contributed by atoms with Gasteiger partial charge in [0, 0.05) is 33.6 Å². The molecule has 0 aliphatic carbocycles. The van der Waals surface area contributed by atoms with E-state index in [1.807, 2.05) is 47.0 Å². The highest BCUT2D eigenvalue weighted by Crippen LogP contribution is 2.27. The molecule has 0 saturated carbocycles. The number of pyridine rings is 1. The van der Waals surface area contributed by atoms with Crippen LogP contribution in [0.4, 0.5) is 0 Å². The number of hydrogen-bond acceptors (Lipinski definition) is 3. The molecule has 2 aromatic heterocycles. The van der Waals surface area contributed by atoms with Crippen LogP contribution in [-0.4, -0.2) is 20.4 Å². The first-order valence-electron chi connectivity index (χ1n) is 8.69. The minimum Gasteiger partial charge on any atom is -0.345 e. The summed E-state index contributed by atoms with van der Waals surface area (Å²) in [6.45, 7) is 0.734. The molecule has 0 atom stereocenters. The summed E-state index contributed by atoms with van der Waals surface area (Å²) >= 11 is 12.7. The number of halogens is 2. The van der Waals surface area contributed by atoms with E-state index in [1.54, 1.807) is 24.5 Å². The molecule has 1 N–H and O–H groups in total. The predicted molar refractivity (Wildman–Crippen MR) is 111 cm³/mol. The zero-order valence-corrected chi connectivity index (χ0v) is 16.3. The number of carbonyl (C=O) groups excluding carboxylic acids is 1. The van der Waals surface area contributed by atoms with E-state index >= 15 is 0 Å². The number of fused-ring (bicyclic) bond motifs is 1. The number of imidazole rings is 1. The molecule has 0 unspecified atom stereocenters. The average Bonchev–Trinajstić information content (AvgIpc) is 3.07. The molecule has 5 nitrogen and oxygen atoms in total. The third-order valence-electron chi connectivity index (χ3n) is 4.46. The van der Waals surface area contributed by atoms with Gasteiger partial charge in [0.25, 0.3) is 5.91 Å². The van der Waals surface area contributed by atoms with Gasteiger partial charge in [-0.1, -0.05) is 41.4 Å². The van der Waals surface area contributed by atoms with E-state index in [2.05, 4.69) is 15.3 Å². The Morgan fingerprint density at radius 1 is 0.964 bits per heavy atom. The standard InChI is InChI=1S/C21H16Cl2N4O/c22-16-4-3-5-17(23)15(16)13-27-19-7-2-1-6-18(19)26-20(27)12-25-21(28)14-8-10-24-11-9-14/h1-11H,12-13H2,(H,25,28). The number of carbonyl (C=O) groups is 1. The van der Waals surface area contributed by atoms with Crippen molar-refractivity contribution >= 4 is 40.1 Å². The molecular formula is C21H16Cl2N4O. The first-order valence-corrected chi connectivity index (χ1v) is 9.44. The van der Waals surface area contributed by atoms with Crippen LogP contribution < -0.4 is 5.32 Å². The van der Waals surface area contributed by atoms with Gasteiger partial charge in [0.1, 0.15) is 5.82 Å². The summed E-state index contributed by atoms with van der Waals surface area (Å²) in [5.74, 6) is 0.538. The summed E-state index contributed by atoms with van der Waals surface area (Å²) in [7, 11) is 0. The number of nitrogens with zero attached hydrogens (tertiary/aromatic N) is 3. The third-order valence-corrected chi connectivity index (χ3v) is 5.17. The highest BCUT2D eigenvalue weighted by Gasteiger charge is 2.15. The van der Waals surface area contributed by atoms with E-state index in [9.17, 15) is 4.79 Å². The van der Waals surface area contributed by atoms with Crippen LogP contribution in [0.15, 0.2) is 67.0 Å². The van der Waals surface area contributed by atoms with Gasteiger partial charge in [-0.3, -0.25) is 9.78 Å². The average molecular weight is 411 g/mol. The van der Waals surface area contributed by atoms with E-state index in [0.717, 1.165) is 22.4 Å². The summed E-state index contributed by atoms with van der Waals surface area (Å²) in [6.07, 6.45) is 3.17. The quantitative estimate of drug-likeness (QED) is 0.517. The van der Waals surface area contributed by atoms with Crippen LogP contribution in [0, 0.1) is 0 Å². The summed E-state index contributed by atoms with van der Waals surface area (Å²) in [5.41, 5.74) is 3.16. The van der Waals surface area contributed by atoms with E-state index in [-0.39, 0.29) is 12.5 Å². The second-order valence-electron chi connectivity index (χ2n) is 6.22. The van der Waals surface area contributed by atoms with E-state index in [0.29, 0.717) is 22.2 Å². The number of para-hydroxylation sites is 2. The zero-order chi connectivity index (χ0) is 19.5. The molecule has 0 spiro atoms. The van der Waals surface area contributed by atoms with Crippen LogP contribution in [0.25, 0.3) is 11.0 Å². The molecule has 0 radical (unpaired) electrons. The molecular weight excluding hydrogens is 395 g/mol. The Bertz CT molecular complexity index is 1120. The Hall–Kier alpha value is -2.89. The molecule has 0 aliphatic heterocycles. The maximum atomic E-state index is 12.4. The van der Waals surface area contributed by atoms with Gasteiger partial charge in [-0.15, -0.1) is 0 Å². The maximum Gasteiger partial charge on any atom is 0.251 e. The highest BCUT2D eigenvalue weighted by atomic mass is 35.5. The molecule has 7 heteroatoms. The smallest absolute Gasteiger partial charge is 0.251 e. The Labute approximate surface area is 171 Å². The second kappa shape index (κ2) is 8.00. The van der Waals surface area contributed by atoms with Gasteiger partial charge >= 0.3 is 0 Å². The lowest BCUT2D eigenvalue weighted by molar-refractivity contribution is 0.0949. The Balaban J connectivity index is 1.67. The van der Waals surface area contributed by atoms with Gasteiger partial charge in [-0.25, -0.2) is 4.98 Å². The van der Waals surface area contributed by atoms with Crippen molar-refractivity contribution in [3.63, 3.8) is 0 Å². The van der Waals surface area contributed by atoms with Gasteiger partial charge in [-0.2, -0.15) is 0 Å². The SMILES string of the molecule is O=C(NCc1nc2ccccc2n1Cc1c(Cl)cccc1Cl)c1ccncc1. The van der Waals surface area contributed by atoms with Crippen LogP contribution in [0.1, 0.15) is 21.7 Å². The molecule has 4 rings (SSSR count). The molecule has 0 fully saturated rings. The first kappa shape index (κ1) is 18.5. The summed E-state index contributed by atoms with van der Waals surface area (Å²) < 4.78 is 2.02. The Kier molecular flexibility index (Phi) is 5.28.